The number of rotatable bonds is 9. The standard InChI is InChI=1S/C17H34N2O/c1-3-10-18-14-17(8-11-20-12-9-17)15-19(4-2)13-16-6-5-7-16/h16,18H,3-15H2,1-2H3. The van der Waals surface area contributed by atoms with Crippen LogP contribution in [0.25, 0.3) is 0 Å². The molecule has 20 heavy (non-hydrogen) atoms. The van der Waals surface area contributed by atoms with Gasteiger partial charge in [0, 0.05) is 32.8 Å². The van der Waals surface area contributed by atoms with Crippen molar-refractivity contribution in [2.75, 3.05) is 45.9 Å². The average molecular weight is 282 g/mol. The van der Waals surface area contributed by atoms with E-state index >= 15 is 0 Å². The van der Waals surface area contributed by atoms with Crippen molar-refractivity contribution in [3.05, 3.63) is 0 Å². The number of hydrogen-bond acceptors (Lipinski definition) is 3. The van der Waals surface area contributed by atoms with Gasteiger partial charge in [0.05, 0.1) is 0 Å². The van der Waals surface area contributed by atoms with E-state index in [1.165, 1.54) is 64.7 Å². The zero-order valence-corrected chi connectivity index (χ0v) is 13.6. The molecule has 0 atom stereocenters. The van der Waals surface area contributed by atoms with Crippen molar-refractivity contribution in [2.45, 2.75) is 52.4 Å². The highest BCUT2D eigenvalue weighted by Gasteiger charge is 2.34. The summed E-state index contributed by atoms with van der Waals surface area (Å²) in [5.41, 5.74) is 0.452. The van der Waals surface area contributed by atoms with Gasteiger partial charge < -0.3 is 15.0 Å². The fourth-order valence-corrected chi connectivity index (χ4v) is 3.55. The van der Waals surface area contributed by atoms with Crippen LogP contribution in [-0.2, 0) is 4.74 Å². The van der Waals surface area contributed by atoms with Crippen molar-refractivity contribution < 1.29 is 4.74 Å². The van der Waals surface area contributed by atoms with E-state index in [9.17, 15) is 0 Å². The Morgan fingerprint density at radius 3 is 2.50 bits per heavy atom. The van der Waals surface area contributed by atoms with Crippen LogP contribution in [0.4, 0.5) is 0 Å². The zero-order chi connectivity index (χ0) is 14.3. The van der Waals surface area contributed by atoms with Gasteiger partial charge in [-0.2, -0.15) is 0 Å². The van der Waals surface area contributed by atoms with E-state index in [4.69, 9.17) is 4.74 Å². The lowest BCUT2D eigenvalue weighted by atomic mass is 9.78. The van der Waals surface area contributed by atoms with E-state index in [1.54, 1.807) is 0 Å². The van der Waals surface area contributed by atoms with Gasteiger partial charge in [-0.1, -0.05) is 20.3 Å². The summed E-state index contributed by atoms with van der Waals surface area (Å²) in [6.07, 6.45) is 8.06. The molecule has 2 fully saturated rings. The van der Waals surface area contributed by atoms with E-state index < -0.39 is 0 Å². The molecule has 1 saturated carbocycles. The Balaban J connectivity index is 1.86. The van der Waals surface area contributed by atoms with Crippen LogP contribution in [-0.4, -0.2) is 50.8 Å². The molecule has 1 aliphatic heterocycles. The summed E-state index contributed by atoms with van der Waals surface area (Å²) in [4.78, 5) is 2.71. The second-order valence-electron chi connectivity index (χ2n) is 6.91. The minimum Gasteiger partial charge on any atom is -0.381 e. The molecule has 2 rings (SSSR count). The second-order valence-corrected chi connectivity index (χ2v) is 6.91. The fourth-order valence-electron chi connectivity index (χ4n) is 3.55. The monoisotopic (exact) mass is 282 g/mol. The molecule has 0 amide bonds. The summed E-state index contributed by atoms with van der Waals surface area (Å²) < 4.78 is 5.61. The maximum Gasteiger partial charge on any atom is 0.0472 e. The first-order chi connectivity index (χ1) is 9.78. The molecular weight excluding hydrogens is 248 g/mol. The summed E-state index contributed by atoms with van der Waals surface area (Å²) in [7, 11) is 0. The quantitative estimate of drug-likeness (QED) is 0.658. The van der Waals surface area contributed by atoms with Crippen LogP contribution in [0.3, 0.4) is 0 Å². The minimum absolute atomic E-state index is 0.452. The highest BCUT2D eigenvalue weighted by molar-refractivity contribution is 4.88. The Morgan fingerprint density at radius 2 is 1.95 bits per heavy atom. The Kier molecular flexibility index (Phi) is 6.79. The molecule has 1 N–H and O–H groups in total. The van der Waals surface area contributed by atoms with Gasteiger partial charge in [-0.25, -0.2) is 0 Å². The lowest BCUT2D eigenvalue weighted by Gasteiger charge is -2.42. The lowest BCUT2D eigenvalue weighted by molar-refractivity contribution is -0.00773. The Morgan fingerprint density at radius 1 is 1.20 bits per heavy atom. The maximum absolute atomic E-state index is 5.61. The molecule has 1 saturated heterocycles. The largest absolute Gasteiger partial charge is 0.381 e. The van der Waals surface area contributed by atoms with Crippen LogP contribution in [0, 0.1) is 11.3 Å². The van der Waals surface area contributed by atoms with Crippen molar-refractivity contribution in [1.82, 2.24) is 10.2 Å². The van der Waals surface area contributed by atoms with Crippen molar-refractivity contribution in [2.24, 2.45) is 11.3 Å². The molecule has 0 unspecified atom stereocenters. The van der Waals surface area contributed by atoms with Gasteiger partial charge in [0.25, 0.3) is 0 Å². The third-order valence-electron chi connectivity index (χ3n) is 5.23. The van der Waals surface area contributed by atoms with Crippen LogP contribution in [0.5, 0.6) is 0 Å². The topological polar surface area (TPSA) is 24.5 Å². The molecule has 2 aliphatic rings. The van der Waals surface area contributed by atoms with Crippen LogP contribution >= 0.6 is 0 Å². The highest BCUT2D eigenvalue weighted by Crippen LogP contribution is 2.33. The van der Waals surface area contributed by atoms with E-state index in [0.29, 0.717) is 5.41 Å². The fraction of sp³-hybridized carbons (Fsp3) is 1.00. The third-order valence-corrected chi connectivity index (χ3v) is 5.23. The van der Waals surface area contributed by atoms with E-state index in [2.05, 4.69) is 24.1 Å². The summed E-state index contributed by atoms with van der Waals surface area (Å²) in [5.74, 6) is 0.982. The van der Waals surface area contributed by atoms with Gasteiger partial charge >= 0.3 is 0 Å². The predicted molar refractivity (Wildman–Crippen MR) is 85.1 cm³/mol. The first-order valence-electron chi connectivity index (χ1n) is 8.79. The molecule has 1 heterocycles. The van der Waals surface area contributed by atoms with Crippen LogP contribution in [0.1, 0.15) is 52.4 Å². The summed E-state index contributed by atoms with van der Waals surface area (Å²) >= 11 is 0. The lowest BCUT2D eigenvalue weighted by Crippen LogP contribution is -2.48. The van der Waals surface area contributed by atoms with Gasteiger partial charge in [-0.15, -0.1) is 0 Å². The van der Waals surface area contributed by atoms with Crippen LogP contribution in [0.2, 0.25) is 0 Å². The first kappa shape index (κ1) is 16.3. The summed E-state index contributed by atoms with van der Waals surface area (Å²) in [6.45, 7) is 12.6. The van der Waals surface area contributed by atoms with Crippen molar-refractivity contribution in [3.63, 3.8) is 0 Å². The normalized spacial score (nSPS) is 22.9. The van der Waals surface area contributed by atoms with Gasteiger partial charge in [-0.05, 0) is 56.5 Å². The Bertz CT molecular complexity index is 260. The Labute approximate surface area is 125 Å². The molecule has 3 nitrogen and oxygen atoms in total. The summed E-state index contributed by atoms with van der Waals surface area (Å²) in [5, 5.41) is 3.67. The van der Waals surface area contributed by atoms with Crippen molar-refractivity contribution in [1.29, 1.82) is 0 Å². The summed E-state index contributed by atoms with van der Waals surface area (Å²) in [6, 6.07) is 0. The van der Waals surface area contributed by atoms with Crippen molar-refractivity contribution in [3.8, 4) is 0 Å². The number of hydrogen-bond donors (Lipinski definition) is 1. The molecule has 0 aromatic carbocycles. The minimum atomic E-state index is 0.452. The highest BCUT2D eigenvalue weighted by atomic mass is 16.5. The molecule has 0 bridgehead atoms. The second kappa shape index (κ2) is 8.35. The van der Waals surface area contributed by atoms with Gasteiger partial charge in [0.15, 0.2) is 0 Å². The molecule has 0 radical (unpaired) electrons. The van der Waals surface area contributed by atoms with E-state index in [0.717, 1.165) is 25.7 Å². The smallest absolute Gasteiger partial charge is 0.0472 e. The van der Waals surface area contributed by atoms with Gasteiger partial charge in [-0.3, -0.25) is 0 Å². The van der Waals surface area contributed by atoms with Gasteiger partial charge in [0.1, 0.15) is 0 Å². The zero-order valence-electron chi connectivity index (χ0n) is 13.6. The molecule has 0 aromatic rings. The molecule has 0 spiro atoms. The van der Waals surface area contributed by atoms with E-state index in [1.807, 2.05) is 0 Å². The predicted octanol–water partition coefficient (Wildman–Crippen LogP) is 2.90. The SMILES string of the molecule is CCCNCC1(CN(CC)CC2CCC2)CCOCC1. The number of nitrogens with zero attached hydrogens (tertiary/aromatic N) is 1. The third kappa shape index (κ3) is 4.71. The molecule has 3 heteroatoms. The Hall–Kier alpha value is -0.120. The van der Waals surface area contributed by atoms with E-state index in [-0.39, 0.29) is 0 Å². The average Bonchev–Trinajstić information content (AvgIpc) is 2.43. The van der Waals surface area contributed by atoms with Crippen molar-refractivity contribution >= 4 is 0 Å². The molecule has 1 aliphatic carbocycles. The molecule has 118 valence electrons. The molecule has 0 aromatic heterocycles. The van der Waals surface area contributed by atoms with Crippen LogP contribution in [0.15, 0.2) is 0 Å². The first-order valence-corrected chi connectivity index (χ1v) is 8.79. The van der Waals surface area contributed by atoms with Gasteiger partial charge in [0.2, 0.25) is 0 Å². The molecular formula is C17H34N2O. The maximum atomic E-state index is 5.61. The number of nitrogens with one attached hydrogen (secondary N) is 1. The number of ether oxygens (including phenoxy) is 1. The van der Waals surface area contributed by atoms with Crippen LogP contribution < -0.4 is 5.32 Å².